The van der Waals surface area contributed by atoms with E-state index < -0.39 is 0 Å². The normalized spacial score (nSPS) is 17.0. The highest BCUT2D eigenvalue weighted by Gasteiger charge is 2.28. The molecule has 1 atom stereocenters. The van der Waals surface area contributed by atoms with Gasteiger partial charge in [-0.15, -0.1) is 0 Å². The van der Waals surface area contributed by atoms with Gasteiger partial charge in [-0.3, -0.25) is 4.57 Å². The third-order valence-corrected chi connectivity index (χ3v) is 4.57. The molecule has 1 aliphatic rings. The quantitative estimate of drug-likeness (QED) is 0.644. The first kappa shape index (κ1) is 12.9. The van der Waals surface area contributed by atoms with Gasteiger partial charge < -0.3 is 10.5 Å². The molecule has 4 nitrogen and oxygen atoms in total. The van der Waals surface area contributed by atoms with E-state index in [9.17, 15) is 4.39 Å². The smallest absolute Gasteiger partial charge is 0.201 e. The molecule has 0 saturated heterocycles. The first-order valence-electron chi connectivity index (χ1n) is 6.49. The summed E-state index contributed by atoms with van der Waals surface area (Å²) in [4.78, 5) is 4.35. The summed E-state index contributed by atoms with van der Waals surface area (Å²) in [6.07, 6.45) is 0. The van der Waals surface area contributed by atoms with Gasteiger partial charge in [0.1, 0.15) is 18.2 Å². The van der Waals surface area contributed by atoms with Crippen LogP contribution in [-0.4, -0.2) is 16.2 Å². The number of benzene rings is 2. The van der Waals surface area contributed by atoms with E-state index in [2.05, 4.69) is 4.98 Å². The lowest BCUT2D eigenvalue weighted by Gasteiger charge is -2.14. The van der Waals surface area contributed by atoms with Crippen LogP contribution in [0.4, 0.5) is 10.3 Å². The van der Waals surface area contributed by atoms with Crippen LogP contribution in [0.1, 0.15) is 11.6 Å². The van der Waals surface area contributed by atoms with Gasteiger partial charge in [0.15, 0.2) is 0 Å². The van der Waals surface area contributed by atoms with Crippen molar-refractivity contribution in [2.45, 2.75) is 6.04 Å². The molecule has 21 heavy (non-hydrogen) atoms. The third kappa shape index (κ3) is 1.89. The summed E-state index contributed by atoms with van der Waals surface area (Å²) >= 11 is 1.95. The van der Waals surface area contributed by atoms with E-state index in [0.717, 1.165) is 11.3 Å². The number of nitrogen functional groups attached to an aromatic ring is 1. The maximum Gasteiger partial charge on any atom is 0.201 e. The van der Waals surface area contributed by atoms with Crippen molar-refractivity contribution in [2.24, 2.45) is 0 Å². The van der Waals surface area contributed by atoms with Crippen LogP contribution < -0.4 is 10.5 Å². The Morgan fingerprint density at radius 2 is 2.14 bits per heavy atom. The number of fused-ring (bicyclic) bond motifs is 2. The highest BCUT2D eigenvalue weighted by Crippen LogP contribution is 2.38. The van der Waals surface area contributed by atoms with Crippen molar-refractivity contribution in [2.75, 3.05) is 12.3 Å². The topological polar surface area (TPSA) is 53.1 Å². The molecule has 0 fully saturated rings. The summed E-state index contributed by atoms with van der Waals surface area (Å²) in [5.74, 6) is 0.947. The largest absolute Gasteiger partial charge is 0.491 e. The fraction of sp³-hybridized carbons (Fsp3) is 0.133. The lowest BCUT2D eigenvalue weighted by Crippen LogP contribution is -2.14. The minimum absolute atomic E-state index is 0.0781. The zero-order valence-corrected chi connectivity index (χ0v) is 13.0. The van der Waals surface area contributed by atoms with Crippen LogP contribution in [0.5, 0.6) is 5.75 Å². The van der Waals surface area contributed by atoms with Crippen molar-refractivity contribution in [3.63, 3.8) is 0 Å². The van der Waals surface area contributed by atoms with Crippen LogP contribution in [0.2, 0.25) is 0 Å². The second-order valence-electron chi connectivity index (χ2n) is 4.96. The maximum absolute atomic E-state index is 13.9. The molecule has 106 valence electrons. The maximum atomic E-state index is 13.9. The zero-order valence-electron chi connectivity index (χ0n) is 10.9. The standard InChI is InChI=1S/C15H11FIN3O/c16-9-5-12-11(6-10(9)17)19-15(18)20(12)13-7-21-14-4-2-1-3-8(13)14/h1-6,13H,7H2,(H2,18,19). The molecule has 2 N–H and O–H groups in total. The third-order valence-electron chi connectivity index (χ3n) is 3.75. The fourth-order valence-corrected chi connectivity index (χ4v) is 3.25. The number of anilines is 1. The van der Waals surface area contributed by atoms with E-state index in [4.69, 9.17) is 10.5 Å². The van der Waals surface area contributed by atoms with Crippen LogP contribution in [0, 0.1) is 9.39 Å². The SMILES string of the molecule is Nc1nc2cc(I)c(F)cc2n1C1COc2ccccc21. The van der Waals surface area contributed by atoms with Crippen LogP contribution in [0.3, 0.4) is 0 Å². The molecule has 0 bridgehead atoms. The number of halogens is 2. The minimum atomic E-state index is -0.267. The van der Waals surface area contributed by atoms with Crippen LogP contribution in [0.25, 0.3) is 11.0 Å². The van der Waals surface area contributed by atoms with Gasteiger partial charge in [-0.1, -0.05) is 18.2 Å². The van der Waals surface area contributed by atoms with Crippen molar-refractivity contribution in [1.29, 1.82) is 0 Å². The van der Waals surface area contributed by atoms with Crippen molar-refractivity contribution >= 4 is 39.6 Å². The monoisotopic (exact) mass is 395 g/mol. The molecule has 0 aliphatic carbocycles. The van der Waals surface area contributed by atoms with E-state index in [-0.39, 0.29) is 11.9 Å². The fourth-order valence-electron chi connectivity index (χ4n) is 2.80. The van der Waals surface area contributed by atoms with E-state index >= 15 is 0 Å². The van der Waals surface area contributed by atoms with Crippen molar-refractivity contribution < 1.29 is 9.13 Å². The number of ether oxygens (including phenoxy) is 1. The Kier molecular flexibility index (Phi) is 2.81. The van der Waals surface area contributed by atoms with E-state index in [1.54, 1.807) is 6.07 Å². The first-order chi connectivity index (χ1) is 10.1. The Morgan fingerprint density at radius 3 is 3.00 bits per heavy atom. The number of rotatable bonds is 1. The molecule has 1 aliphatic heterocycles. The summed E-state index contributed by atoms with van der Waals surface area (Å²) in [7, 11) is 0. The number of nitrogens with two attached hydrogens (primary N) is 1. The number of aromatic nitrogens is 2. The predicted molar refractivity (Wildman–Crippen MR) is 86.9 cm³/mol. The van der Waals surface area contributed by atoms with Gasteiger partial charge in [-0.2, -0.15) is 0 Å². The molecule has 6 heteroatoms. The predicted octanol–water partition coefficient (Wildman–Crippen LogP) is 3.34. The van der Waals surface area contributed by atoms with Gasteiger partial charge in [0.2, 0.25) is 5.95 Å². The number of nitrogens with zero attached hydrogens (tertiary/aromatic N) is 2. The van der Waals surface area contributed by atoms with Crippen LogP contribution >= 0.6 is 22.6 Å². The Morgan fingerprint density at radius 1 is 1.33 bits per heavy atom. The molecule has 4 rings (SSSR count). The molecular formula is C15H11FIN3O. The van der Waals surface area contributed by atoms with Crippen molar-refractivity contribution in [3.05, 3.63) is 51.3 Å². The van der Waals surface area contributed by atoms with E-state index in [1.807, 2.05) is 51.4 Å². The molecule has 0 saturated carbocycles. The molecule has 0 radical (unpaired) electrons. The first-order valence-corrected chi connectivity index (χ1v) is 7.57. The van der Waals surface area contributed by atoms with Gasteiger partial charge >= 0.3 is 0 Å². The van der Waals surface area contributed by atoms with Gasteiger partial charge in [0, 0.05) is 11.6 Å². The lowest BCUT2D eigenvalue weighted by atomic mass is 10.1. The molecule has 0 amide bonds. The van der Waals surface area contributed by atoms with Gasteiger partial charge in [-0.25, -0.2) is 9.37 Å². The van der Waals surface area contributed by atoms with Crippen molar-refractivity contribution in [3.8, 4) is 5.75 Å². The number of hydrogen-bond donors (Lipinski definition) is 1. The van der Waals surface area contributed by atoms with Gasteiger partial charge in [0.25, 0.3) is 0 Å². The second kappa shape index (κ2) is 4.59. The van der Waals surface area contributed by atoms with Crippen LogP contribution in [0.15, 0.2) is 36.4 Å². The Bertz CT molecular complexity index is 861. The molecule has 1 aromatic heterocycles. The lowest BCUT2D eigenvalue weighted by molar-refractivity contribution is 0.320. The van der Waals surface area contributed by atoms with E-state index in [0.29, 0.717) is 27.2 Å². The summed E-state index contributed by atoms with van der Waals surface area (Å²) in [5.41, 5.74) is 8.49. The molecule has 1 unspecified atom stereocenters. The highest BCUT2D eigenvalue weighted by molar-refractivity contribution is 14.1. The van der Waals surface area contributed by atoms with Gasteiger partial charge in [0.05, 0.1) is 20.6 Å². The highest BCUT2D eigenvalue weighted by atomic mass is 127. The van der Waals surface area contributed by atoms with E-state index in [1.165, 1.54) is 6.07 Å². The molecular weight excluding hydrogens is 384 g/mol. The second-order valence-corrected chi connectivity index (χ2v) is 6.12. The Hall–Kier alpha value is -1.83. The number of para-hydroxylation sites is 1. The van der Waals surface area contributed by atoms with Crippen LogP contribution in [-0.2, 0) is 0 Å². The summed E-state index contributed by atoms with van der Waals surface area (Å²) in [5, 5.41) is 0. The Balaban J connectivity index is 1.96. The number of imidazole rings is 1. The molecule has 0 spiro atoms. The molecule has 2 heterocycles. The zero-order chi connectivity index (χ0) is 14.6. The average Bonchev–Trinajstić information content (AvgIpc) is 3.00. The molecule has 3 aromatic rings. The van der Waals surface area contributed by atoms with Gasteiger partial charge in [-0.05, 0) is 34.7 Å². The Labute approximate surface area is 133 Å². The summed E-state index contributed by atoms with van der Waals surface area (Å²) in [6.45, 7) is 0.475. The minimum Gasteiger partial charge on any atom is -0.491 e. The average molecular weight is 395 g/mol. The summed E-state index contributed by atoms with van der Waals surface area (Å²) < 4.78 is 22.0. The summed E-state index contributed by atoms with van der Waals surface area (Å²) in [6, 6.07) is 10.9. The number of hydrogen-bond acceptors (Lipinski definition) is 3. The van der Waals surface area contributed by atoms with Crippen molar-refractivity contribution in [1.82, 2.24) is 9.55 Å². The molecule has 2 aromatic carbocycles.